The first kappa shape index (κ1) is 11.6. The molecule has 1 aliphatic rings. The van der Waals surface area contributed by atoms with Crippen LogP contribution >= 0.6 is 0 Å². The van der Waals surface area contributed by atoms with Crippen LogP contribution in [0.25, 0.3) is 10.4 Å². The number of aliphatic hydroxyl groups is 1. The van der Waals surface area contributed by atoms with Crippen molar-refractivity contribution in [2.24, 2.45) is 5.11 Å². The highest BCUT2D eigenvalue weighted by atomic mass is 16.3. The minimum atomic E-state index is -0.689. The average Bonchev–Trinajstić information content (AvgIpc) is 2.33. The predicted octanol–water partition coefficient (Wildman–Crippen LogP) is 2.17. The van der Waals surface area contributed by atoms with Gasteiger partial charge < -0.3 is 5.11 Å². The van der Waals surface area contributed by atoms with E-state index in [0.717, 1.165) is 5.56 Å². The van der Waals surface area contributed by atoms with Crippen LogP contribution in [0, 0.1) is 0 Å². The van der Waals surface area contributed by atoms with Crippen molar-refractivity contribution in [1.29, 1.82) is 0 Å². The Kier molecular flexibility index (Phi) is 3.42. The van der Waals surface area contributed by atoms with Crippen molar-refractivity contribution in [2.75, 3.05) is 0 Å². The van der Waals surface area contributed by atoms with Crippen molar-refractivity contribution in [3.63, 3.8) is 0 Å². The summed E-state index contributed by atoms with van der Waals surface area (Å²) < 4.78 is 0. The molecule has 0 heterocycles. The Hall–Kier alpha value is -1.84. The van der Waals surface area contributed by atoms with Gasteiger partial charge in [0.1, 0.15) is 11.8 Å². The number of hydrogen-bond donors (Lipinski definition) is 1. The number of ketones is 1. The van der Waals surface area contributed by atoms with Gasteiger partial charge in [-0.2, -0.15) is 0 Å². The standard InChI is InChI=1S/C12H13N3O2/c13-15-14-12-10(6-9(16)7-11(12)17)8-4-2-1-3-5-8/h1-5,9-10,12,16H,6-7H2/t9-,10+,12+/m1/s1. The quantitative estimate of drug-likeness (QED) is 0.480. The van der Waals surface area contributed by atoms with E-state index in [0.29, 0.717) is 6.42 Å². The molecule has 88 valence electrons. The normalized spacial score (nSPS) is 28.5. The first-order valence-electron chi connectivity index (χ1n) is 5.52. The Labute approximate surface area is 98.7 Å². The van der Waals surface area contributed by atoms with Crippen LogP contribution in [0.3, 0.4) is 0 Å². The second-order valence-electron chi connectivity index (χ2n) is 4.23. The molecule has 1 fully saturated rings. The van der Waals surface area contributed by atoms with Crippen molar-refractivity contribution in [3.05, 3.63) is 46.3 Å². The molecule has 0 unspecified atom stereocenters. The second-order valence-corrected chi connectivity index (χ2v) is 4.23. The third kappa shape index (κ3) is 2.46. The van der Waals surface area contributed by atoms with Gasteiger partial charge in [0.25, 0.3) is 0 Å². The first-order valence-corrected chi connectivity index (χ1v) is 5.52. The van der Waals surface area contributed by atoms with Crippen LogP contribution in [0.15, 0.2) is 35.4 Å². The fraction of sp³-hybridized carbons (Fsp3) is 0.417. The van der Waals surface area contributed by atoms with Crippen LogP contribution in [0.5, 0.6) is 0 Å². The Morgan fingerprint density at radius 2 is 2.06 bits per heavy atom. The summed E-state index contributed by atoms with van der Waals surface area (Å²) in [4.78, 5) is 14.5. The Morgan fingerprint density at radius 1 is 1.35 bits per heavy atom. The van der Waals surface area contributed by atoms with Gasteiger partial charge in [0.15, 0.2) is 0 Å². The highest BCUT2D eigenvalue weighted by molar-refractivity contribution is 5.86. The zero-order chi connectivity index (χ0) is 12.3. The Balaban J connectivity index is 2.34. The molecule has 0 radical (unpaired) electrons. The molecule has 1 saturated carbocycles. The summed E-state index contributed by atoms with van der Waals surface area (Å²) in [6.07, 6.45) is -0.107. The topological polar surface area (TPSA) is 86.1 Å². The summed E-state index contributed by atoms with van der Waals surface area (Å²) in [6.45, 7) is 0. The molecule has 0 spiro atoms. The minimum absolute atomic E-state index is 0.0764. The fourth-order valence-electron chi connectivity index (χ4n) is 2.30. The van der Waals surface area contributed by atoms with E-state index in [1.165, 1.54) is 0 Å². The molecule has 17 heavy (non-hydrogen) atoms. The highest BCUT2D eigenvalue weighted by Gasteiger charge is 2.36. The van der Waals surface area contributed by atoms with E-state index in [4.69, 9.17) is 5.53 Å². The lowest BCUT2D eigenvalue weighted by molar-refractivity contribution is -0.125. The van der Waals surface area contributed by atoms with Crippen LogP contribution in [-0.2, 0) is 4.79 Å². The number of Topliss-reactive ketones (excluding diaryl/α,β-unsaturated/α-hetero) is 1. The maximum Gasteiger partial charge on any atom is 0.145 e. The molecule has 5 heteroatoms. The lowest BCUT2D eigenvalue weighted by atomic mass is 9.78. The molecule has 5 nitrogen and oxygen atoms in total. The van der Waals surface area contributed by atoms with E-state index in [9.17, 15) is 9.90 Å². The SMILES string of the molecule is [N-]=[N+]=N[C@@H]1C(=O)C[C@H](O)C[C@H]1c1ccccc1. The van der Waals surface area contributed by atoms with Crippen LogP contribution < -0.4 is 0 Å². The monoisotopic (exact) mass is 231 g/mol. The number of hydrogen-bond acceptors (Lipinski definition) is 3. The molecule has 1 N–H and O–H groups in total. The molecule has 0 amide bonds. The van der Waals surface area contributed by atoms with E-state index < -0.39 is 12.1 Å². The van der Waals surface area contributed by atoms with Gasteiger partial charge in [0.05, 0.1) is 6.10 Å². The number of carbonyl (C=O) groups is 1. The number of aliphatic hydroxyl groups excluding tert-OH is 1. The summed E-state index contributed by atoms with van der Waals surface area (Å²) in [5, 5.41) is 13.2. The van der Waals surface area contributed by atoms with Crippen molar-refractivity contribution in [3.8, 4) is 0 Å². The largest absolute Gasteiger partial charge is 0.393 e. The van der Waals surface area contributed by atoms with Gasteiger partial charge in [-0.25, -0.2) is 0 Å². The van der Waals surface area contributed by atoms with Gasteiger partial charge in [-0.15, -0.1) is 0 Å². The first-order chi connectivity index (χ1) is 8.22. The van der Waals surface area contributed by atoms with Gasteiger partial charge in [-0.1, -0.05) is 35.4 Å². The average molecular weight is 231 g/mol. The zero-order valence-electron chi connectivity index (χ0n) is 9.23. The third-order valence-electron chi connectivity index (χ3n) is 3.08. The van der Waals surface area contributed by atoms with Gasteiger partial charge in [0.2, 0.25) is 0 Å². The molecular formula is C12H13N3O2. The zero-order valence-corrected chi connectivity index (χ0v) is 9.23. The minimum Gasteiger partial charge on any atom is -0.393 e. The van der Waals surface area contributed by atoms with Gasteiger partial charge in [-0.05, 0) is 17.5 Å². The molecule has 0 bridgehead atoms. The summed E-state index contributed by atoms with van der Waals surface area (Å²) in [5.74, 6) is -0.404. The van der Waals surface area contributed by atoms with E-state index in [-0.39, 0.29) is 18.1 Å². The smallest absolute Gasteiger partial charge is 0.145 e. The molecular weight excluding hydrogens is 218 g/mol. The van der Waals surface area contributed by atoms with Gasteiger partial charge in [0, 0.05) is 17.3 Å². The van der Waals surface area contributed by atoms with E-state index in [1.54, 1.807) is 0 Å². The molecule has 0 aromatic heterocycles. The maximum atomic E-state index is 11.8. The molecule has 1 aromatic carbocycles. The number of azide groups is 1. The highest BCUT2D eigenvalue weighted by Crippen LogP contribution is 2.33. The summed E-state index contributed by atoms with van der Waals surface area (Å²) in [5.41, 5.74) is 9.44. The number of rotatable bonds is 2. The second kappa shape index (κ2) is 4.99. The van der Waals surface area contributed by atoms with E-state index in [2.05, 4.69) is 10.0 Å². The van der Waals surface area contributed by atoms with Crippen LogP contribution in [-0.4, -0.2) is 23.0 Å². The predicted molar refractivity (Wildman–Crippen MR) is 62.4 cm³/mol. The Bertz CT molecular complexity index is 454. The number of carbonyl (C=O) groups excluding carboxylic acids is 1. The van der Waals surface area contributed by atoms with Crippen molar-refractivity contribution in [2.45, 2.75) is 30.9 Å². The van der Waals surface area contributed by atoms with Crippen molar-refractivity contribution < 1.29 is 9.90 Å². The summed E-state index contributed by atoms with van der Waals surface area (Å²) >= 11 is 0. The third-order valence-corrected chi connectivity index (χ3v) is 3.08. The van der Waals surface area contributed by atoms with Crippen LogP contribution in [0.2, 0.25) is 0 Å². The number of benzene rings is 1. The number of nitrogens with zero attached hydrogens (tertiary/aromatic N) is 3. The molecule has 2 rings (SSSR count). The summed E-state index contributed by atoms with van der Waals surface area (Å²) in [6, 6.07) is 8.70. The Morgan fingerprint density at radius 3 is 2.71 bits per heavy atom. The van der Waals surface area contributed by atoms with Crippen molar-refractivity contribution in [1.82, 2.24) is 0 Å². The van der Waals surface area contributed by atoms with Crippen molar-refractivity contribution >= 4 is 5.78 Å². The molecule has 1 aromatic rings. The van der Waals surface area contributed by atoms with Gasteiger partial charge >= 0.3 is 0 Å². The van der Waals surface area contributed by atoms with E-state index >= 15 is 0 Å². The molecule has 1 aliphatic carbocycles. The van der Waals surface area contributed by atoms with Crippen LogP contribution in [0.4, 0.5) is 0 Å². The van der Waals surface area contributed by atoms with Crippen LogP contribution in [0.1, 0.15) is 24.3 Å². The molecule has 0 saturated heterocycles. The maximum absolute atomic E-state index is 11.8. The lowest BCUT2D eigenvalue weighted by Crippen LogP contribution is -2.37. The van der Waals surface area contributed by atoms with Gasteiger partial charge in [-0.3, -0.25) is 4.79 Å². The fourth-order valence-corrected chi connectivity index (χ4v) is 2.30. The molecule has 0 aliphatic heterocycles. The molecule has 3 atom stereocenters. The van der Waals surface area contributed by atoms with E-state index in [1.807, 2.05) is 30.3 Å². The lowest BCUT2D eigenvalue weighted by Gasteiger charge is -2.30. The summed E-state index contributed by atoms with van der Waals surface area (Å²) in [7, 11) is 0.